The molecule has 0 aliphatic carbocycles. The molecule has 7 heteroatoms. The highest BCUT2D eigenvalue weighted by Gasteiger charge is 2.43. The van der Waals surface area contributed by atoms with E-state index >= 15 is 0 Å². The average molecular weight is 553 g/mol. The fraction of sp³-hybridized carbons (Fsp3) is 0.300. The third-order valence-electron chi connectivity index (χ3n) is 6.27. The van der Waals surface area contributed by atoms with Crippen LogP contribution >= 0.6 is 35.7 Å². The van der Waals surface area contributed by atoms with Gasteiger partial charge in [0.2, 0.25) is 0 Å². The Morgan fingerprint density at radius 3 is 2.14 bits per heavy atom. The fourth-order valence-electron chi connectivity index (χ4n) is 4.49. The molecule has 5 rings (SSSR count). The van der Waals surface area contributed by atoms with Gasteiger partial charge in [-0.3, -0.25) is 0 Å². The van der Waals surface area contributed by atoms with Crippen LogP contribution in [-0.4, -0.2) is 42.9 Å². The van der Waals surface area contributed by atoms with Crippen LogP contribution in [-0.2, 0) is 18.8 Å². The van der Waals surface area contributed by atoms with Gasteiger partial charge in [-0.15, -0.1) is 11.8 Å². The van der Waals surface area contributed by atoms with Crippen LogP contribution in [0.15, 0.2) is 96.5 Å². The van der Waals surface area contributed by atoms with Crippen molar-refractivity contribution in [3.63, 3.8) is 0 Å². The van der Waals surface area contributed by atoms with Crippen molar-refractivity contribution >= 4 is 40.1 Å². The van der Waals surface area contributed by atoms with Gasteiger partial charge in [-0.25, -0.2) is 0 Å². The topological polar surface area (TPSA) is 46.9 Å². The van der Waals surface area contributed by atoms with Crippen LogP contribution in [0.3, 0.4) is 0 Å². The monoisotopic (exact) mass is 552 g/mol. The number of hydrogen-bond donors (Lipinski definition) is 2. The molecule has 2 saturated heterocycles. The first-order chi connectivity index (χ1) is 18.0. The van der Waals surface area contributed by atoms with E-state index in [9.17, 15) is 5.11 Å². The summed E-state index contributed by atoms with van der Waals surface area (Å²) in [6.07, 6.45) is 0. The molecular weight excluding hydrogens is 517 g/mol. The van der Waals surface area contributed by atoms with Crippen molar-refractivity contribution in [1.29, 1.82) is 0 Å². The van der Waals surface area contributed by atoms with E-state index in [0.717, 1.165) is 39.9 Å². The SMILES string of the molecule is C=C1SCC(c2ccccc2)N1Cc1cccc(CN2C(=S)SCC2(O)c2ccccc2)c1.CC.CO. The minimum atomic E-state index is -1.09. The molecule has 2 aliphatic rings. The highest BCUT2D eigenvalue weighted by Crippen LogP contribution is 2.42. The Morgan fingerprint density at radius 1 is 0.892 bits per heavy atom. The molecule has 2 heterocycles. The zero-order chi connectivity index (χ0) is 26.8. The molecule has 2 N–H and O–H groups in total. The van der Waals surface area contributed by atoms with Crippen molar-refractivity contribution in [2.75, 3.05) is 18.6 Å². The Kier molecular flexibility index (Phi) is 11.1. The van der Waals surface area contributed by atoms with Gasteiger partial charge in [-0.2, -0.15) is 0 Å². The maximum absolute atomic E-state index is 11.5. The fourth-order valence-corrected chi connectivity index (χ4v) is 6.98. The standard InChI is InChI=1S/C27H26N2OS3.C2H6.CH4O/c1-20-28(25(18-32-20)23-11-4-2-5-12-23)16-21-9-8-10-22(15-21)17-29-26(31)33-19-27(29,30)24-13-6-3-7-14-24;2*1-2/h2-15,25,30H,1,16-19H2;1-2H3;2H,1H3. The van der Waals surface area contributed by atoms with Crippen LogP contribution in [0.4, 0.5) is 0 Å². The Labute approximate surface area is 235 Å². The predicted octanol–water partition coefficient (Wildman–Crippen LogP) is 6.76. The van der Waals surface area contributed by atoms with E-state index in [1.165, 1.54) is 22.9 Å². The zero-order valence-corrected chi connectivity index (χ0v) is 24.2. The second-order valence-corrected chi connectivity index (χ2v) is 11.1. The first kappa shape index (κ1) is 29.3. The molecule has 2 aliphatic heterocycles. The van der Waals surface area contributed by atoms with E-state index in [0.29, 0.717) is 18.3 Å². The Hall–Kier alpha value is -2.29. The molecule has 2 atom stereocenters. The van der Waals surface area contributed by atoms with Crippen molar-refractivity contribution in [3.8, 4) is 0 Å². The van der Waals surface area contributed by atoms with Crippen LogP contribution in [0.2, 0.25) is 0 Å². The van der Waals surface area contributed by atoms with Gasteiger partial charge in [0.05, 0.1) is 16.8 Å². The lowest BCUT2D eigenvalue weighted by Gasteiger charge is -2.34. The minimum Gasteiger partial charge on any atom is -0.400 e. The molecule has 2 fully saturated rings. The molecule has 3 aromatic carbocycles. The van der Waals surface area contributed by atoms with Gasteiger partial charge in [0.1, 0.15) is 4.32 Å². The average Bonchev–Trinajstić information content (AvgIpc) is 3.47. The van der Waals surface area contributed by atoms with Crippen molar-refractivity contribution < 1.29 is 10.2 Å². The summed E-state index contributed by atoms with van der Waals surface area (Å²) in [7, 11) is 1.00. The van der Waals surface area contributed by atoms with E-state index in [2.05, 4.69) is 66.1 Å². The summed E-state index contributed by atoms with van der Waals surface area (Å²) < 4.78 is 0.736. The van der Waals surface area contributed by atoms with Crippen molar-refractivity contribution in [2.45, 2.75) is 38.7 Å². The van der Waals surface area contributed by atoms with Crippen LogP contribution < -0.4 is 0 Å². The quantitative estimate of drug-likeness (QED) is 0.328. The van der Waals surface area contributed by atoms with Crippen LogP contribution in [0, 0.1) is 0 Å². The first-order valence-electron chi connectivity index (χ1n) is 12.4. The first-order valence-corrected chi connectivity index (χ1v) is 14.8. The second-order valence-electron chi connectivity index (χ2n) is 8.40. The molecule has 37 heavy (non-hydrogen) atoms. The summed E-state index contributed by atoms with van der Waals surface area (Å²) >= 11 is 8.99. The molecule has 0 radical (unpaired) electrons. The van der Waals surface area contributed by atoms with E-state index < -0.39 is 5.72 Å². The summed E-state index contributed by atoms with van der Waals surface area (Å²) in [5, 5.41) is 19.7. The van der Waals surface area contributed by atoms with Crippen molar-refractivity contribution in [3.05, 3.63) is 119 Å². The van der Waals surface area contributed by atoms with Gasteiger partial charge < -0.3 is 20.0 Å². The lowest BCUT2D eigenvalue weighted by Crippen LogP contribution is -2.44. The predicted molar refractivity (Wildman–Crippen MR) is 163 cm³/mol. The van der Waals surface area contributed by atoms with Crippen LogP contribution in [0.5, 0.6) is 0 Å². The van der Waals surface area contributed by atoms with Gasteiger partial charge >= 0.3 is 0 Å². The number of aliphatic hydroxyl groups excluding tert-OH is 1. The summed E-state index contributed by atoms with van der Waals surface area (Å²) in [6.45, 7) is 9.68. The maximum Gasteiger partial charge on any atom is 0.175 e. The van der Waals surface area contributed by atoms with Gasteiger partial charge in [0.25, 0.3) is 0 Å². The highest BCUT2D eigenvalue weighted by atomic mass is 32.2. The van der Waals surface area contributed by atoms with E-state index in [-0.39, 0.29) is 0 Å². The van der Waals surface area contributed by atoms with E-state index in [4.69, 9.17) is 17.3 Å². The van der Waals surface area contributed by atoms with Gasteiger partial charge in [-0.1, -0.05) is 129 Å². The molecular formula is C30H36N2O2S3. The molecule has 2 unspecified atom stereocenters. The molecule has 0 saturated carbocycles. The molecule has 4 nitrogen and oxygen atoms in total. The smallest absolute Gasteiger partial charge is 0.175 e. The lowest BCUT2D eigenvalue weighted by molar-refractivity contribution is -0.0508. The van der Waals surface area contributed by atoms with Gasteiger partial charge in [0, 0.05) is 31.5 Å². The normalized spacial score (nSPS) is 20.7. The highest BCUT2D eigenvalue weighted by molar-refractivity contribution is 8.23. The van der Waals surface area contributed by atoms with Gasteiger partial charge in [0.15, 0.2) is 5.72 Å². The summed E-state index contributed by atoms with van der Waals surface area (Å²) in [5.74, 6) is 1.56. The number of hydrogen-bond acceptors (Lipinski definition) is 6. The van der Waals surface area contributed by atoms with E-state index in [1.54, 1.807) is 0 Å². The third kappa shape index (κ3) is 6.78. The number of thiocarbonyl (C=S) groups is 1. The molecule has 196 valence electrons. The Morgan fingerprint density at radius 2 is 1.49 bits per heavy atom. The summed E-state index contributed by atoms with van der Waals surface area (Å²) in [6, 6.07) is 29.4. The molecule has 0 amide bonds. The number of benzene rings is 3. The number of nitrogens with zero attached hydrogens (tertiary/aromatic N) is 2. The Balaban J connectivity index is 0.000000907. The van der Waals surface area contributed by atoms with Crippen molar-refractivity contribution in [1.82, 2.24) is 9.80 Å². The number of rotatable bonds is 6. The number of aliphatic hydroxyl groups is 2. The molecule has 3 aromatic rings. The second kappa shape index (κ2) is 14.0. The summed E-state index contributed by atoms with van der Waals surface area (Å²) in [5.41, 5.74) is 3.49. The van der Waals surface area contributed by atoms with E-state index in [1.807, 2.05) is 60.8 Å². The van der Waals surface area contributed by atoms with Crippen molar-refractivity contribution in [2.24, 2.45) is 0 Å². The minimum absolute atomic E-state index is 0.332. The third-order valence-corrected chi connectivity index (χ3v) is 8.91. The van der Waals surface area contributed by atoms with Crippen LogP contribution in [0.1, 0.15) is 42.1 Å². The molecule has 0 bridgehead atoms. The van der Waals surface area contributed by atoms with Crippen LogP contribution in [0.25, 0.3) is 0 Å². The lowest BCUT2D eigenvalue weighted by atomic mass is 10.0. The maximum atomic E-state index is 11.5. The number of thioether (sulfide) groups is 2. The Bertz CT molecular complexity index is 1160. The zero-order valence-electron chi connectivity index (χ0n) is 21.7. The molecule has 0 aromatic heterocycles. The largest absolute Gasteiger partial charge is 0.400 e. The molecule has 0 spiro atoms. The summed E-state index contributed by atoms with van der Waals surface area (Å²) in [4.78, 5) is 4.36. The van der Waals surface area contributed by atoms with Gasteiger partial charge in [-0.05, 0) is 16.7 Å².